The number of ketones is 1. The Kier molecular flexibility index (Phi) is 10.3. The number of carbonyl (C=O) groups excluding carboxylic acids is 1. The van der Waals surface area contributed by atoms with Gasteiger partial charge in [0.25, 0.3) is 0 Å². The van der Waals surface area contributed by atoms with Gasteiger partial charge in [-0.3, -0.25) is 9.79 Å². The number of benzene rings is 1. The number of carbonyl (C=O) groups is 1. The molecule has 0 saturated carbocycles. The zero-order valence-corrected chi connectivity index (χ0v) is 17.6. The lowest BCUT2D eigenvalue weighted by atomic mass is 10.0. The van der Waals surface area contributed by atoms with Crippen LogP contribution in [-0.2, 0) is 0 Å². The summed E-state index contributed by atoms with van der Waals surface area (Å²) in [5.41, 5.74) is 5.06. The highest BCUT2D eigenvalue weighted by atomic mass is 16.1. The van der Waals surface area contributed by atoms with Crippen molar-refractivity contribution in [2.45, 2.75) is 47.0 Å². The molecule has 1 aliphatic rings. The summed E-state index contributed by atoms with van der Waals surface area (Å²) in [4.78, 5) is 18.5. The average molecular weight is 367 g/mol. The number of aliphatic imine (C=N–C) groups is 1. The van der Waals surface area contributed by atoms with Crippen molar-refractivity contribution >= 4 is 11.5 Å². The van der Waals surface area contributed by atoms with E-state index in [0.717, 1.165) is 42.8 Å². The van der Waals surface area contributed by atoms with Gasteiger partial charge in [0, 0.05) is 24.0 Å². The van der Waals surface area contributed by atoms with Crippen LogP contribution in [0.2, 0.25) is 0 Å². The van der Waals surface area contributed by atoms with Crippen LogP contribution in [0.5, 0.6) is 0 Å². The molecule has 0 atom stereocenters. The summed E-state index contributed by atoms with van der Waals surface area (Å²) < 4.78 is 0. The highest BCUT2D eigenvalue weighted by molar-refractivity contribution is 6.02. The van der Waals surface area contributed by atoms with Crippen molar-refractivity contribution in [1.82, 2.24) is 4.90 Å². The van der Waals surface area contributed by atoms with Crippen LogP contribution < -0.4 is 0 Å². The number of nitrogens with zero attached hydrogens (tertiary/aromatic N) is 2. The van der Waals surface area contributed by atoms with Crippen LogP contribution in [0.25, 0.3) is 0 Å². The molecular weight excluding hydrogens is 332 g/mol. The molecule has 0 aromatic heterocycles. The van der Waals surface area contributed by atoms with Crippen LogP contribution in [0.3, 0.4) is 0 Å². The molecule has 0 aliphatic carbocycles. The first-order chi connectivity index (χ1) is 13.0. The minimum atomic E-state index is 0.0695. The molecule has 146 valence electrons. The van der Waals surface area contributed by atoms with Crippen LogP contribution in [0.4, 0.5) is 0 Å². The summed E-state index contributed by atoms with van der Waals surface area (Å²) in [6, 6.07) is 7.60. The number of rotatable bonds is 5. The molecule has 27 heavy (non-hydrogen) atoms. The topological polar surface area (TPSA) is 32.7 Å². The molecule has 2 rings (SSSR count). The monoisotopic (exact) mass is 366 g/mol. The van der Waals surface area contributed by atoms with Gasteiger partial charge in [-0.2, -0.15) is 0 Å². The van der Waals surface area contributed by atoms with E-state index in [1.54, 1.807) is 6.92 Å². The molecular formula is C24H34N2O. The third kappa shape index (κ3) is 7.88. The summed E-state index contributed by atoms with van der Waals surface area (Å²) in [7, 11) is 2.18. The second-order valence-corrected chi connectivity index (χ2v) is 6.64. The lowest BCUT2D eigenvalue weighted by molar-refractivity contribution is 0.101. The third-order valence-corrected chi connectivity index (χ3v) is 4.55. The Bertz CT molecular complexity index is 726. The summed E-state index contributed by atoms with van der Waals surface area (Å²) in [5.74, 6) is 0.0695. The van der Waals surface area contributed by atoms with Crippen molar-refractivity contribution in [2.75, 3.05) is 20.1 Å². The van der Waals surface area contributed by atoms with E-state index in [9.17, 15) is 4.79 Å². The highest BCUT2D eigenvalue weighted by Gasteiger charge is 2.08. The van der Waals surface area contributed by atoms with E-state index in [1.807, 2.05) is 57.3 Å². The number of allylic oxidation sites excluding steroid dienone is 3. The van der Waals surface area contributed by atoms with E-state index < -0.39 is 0 Å². The average Bonchev–Trinajstić information content (AvgIpc) is 2.90. The van der Waals surface area contributed by atoms with Crippen LogP contribution in [0.15, 0.2) is 65.3 Å². The van der Waals surface area contributed by atoms with E-state index in [-0.39, 0.29) is 5.78 Å². The molecule has 1 heterocycles. The Hall–Kier alpha value is -2.26. The van der Waals surface area contributed by atoms with Crippen LogP contribution in [0.1, 0.15) is 62.9 Å². The van der Waals surface area contributed by atoms with E-state index in [4.69, 9.17) is 0 Å². The first kappa shape index (κ1) is 22.8. The molecule has 0 spiro atoms. The number of Topliss-reactive ketones (excluding diaryl/α,β-unsaturated/α-hetero) is 1. The molecule has 0 N–H and O–H groups in total. The Morgan fingerprint density at radius 2 is 1.85 bits per heavy atom. The summed E-state index contributed by atoms with van der Waals surface area (Å²) >= 11 is 0. The van der Waals surface area contributed by atoms with E-state index in [0.29, 0.717) is 5.56 Å². The van der Waals surface area contributed by atoms with E-state index >= 15 is 0 Å². The van der Waals surface area contributed by atoms with Gasteiger partial charge in [0.2, 0.25) is 0 Å². The number of hydrogen-bond acceptors (Lipinski definition) is 3. The number of likely N-dealkylation sites (tertiary alicyclic amines) is 1. The SMILES string of the molecule is C=CC(/C=C1/CCCN(C)CC1)=C\N=C(C)c1cccc(C(C)=O)c1.CC. The third-order valence-electron chi connectivity index (χ3n) is 4.55. The molecule has 1 aromatic carbocycles. The first-order valence-corrected chi connectivity index (χ1v) is 9.86. The van der Waals surface area contributed by atoms with Crippen molar-refractivity contribution in [2.24, 2.45) is 4.99 Å². The highest BCUT2D eigenvalue weighted by Crippen LogP contribution is 2.18. The van der Waals surface area contributed by atoms with Gasteiger partial charge in [-0.15, -0.1) is 0 Å². The Balaban J connectivity index is 0.00000176. The van der Waals surface area contributed by atoms with Crippen molar-refractivity contribution < 1.29 is 4.79 Å². The summed E-state index contributed by atoms with van der Waals surface area (Å²) in [6.07, 6.45) is 9.38. The maximum atomic E-state index is 11.5. The predicted molar refractivity (Wildman–Crippen MR) is 118 cm³/mol. The van der Waals surface area contributed by atoms with Gasteiger partial charge in [-0.1, -0.05) is 56.4 Å². The minimum Gasteiger partial charge on any atom is -0.306 e. The molecule has 0 bridgehead atoms. The van der Waals surface area contributed by atoms with Crippen LogP contribution in [0, 0.1) is 0 Å². The quantitative estimate of drug-likeness (QED) is 0.373. The molecule has 1 aliphatic heterocycles. The molecule has 0 amide bonds. The minimum absolute atomic E-state index is 0.0695. The predicted octanol–water partition coefficient (Wildman–Crippen LogP) is 5.84. The molecule has 1 saturated heterocycles. The van der Waals surface area contributed by atoms with Gasteiger partial charge in [-0.25, -0.2) is 0 Å². The molecule has 0 unspecified atom stereocenters. The smallest absolute Gasteiger partial charge is 0.159 e. The van der Waals surface area contributed by atoms with Crippen molar-refractivity contribution in [3.63, 3.8) is 0 Å². The van der Waals surface area contributed by atoms with Gasteiger partial charge in [0.05, 0.1) is 0 Å². The fraction of sp³-hybridized carbons (Fsp3) is 0.417. The maximum Gasteiger partial charge on any atom is 0.159 e. The summed E-state index contributed by atoms with van der Waals surface area (Å²) in [5, 5.41) is 0. The second kappa shape index (κ2) is 12.2. The van der Waals surface area contributed by atoms with Crippen molar-refractivity contribution in [3.8, 4) is 0 Å². The largest absolute Gasteiger partial charge is 0.306 e. The molecule has 3 nitrogen and oxygen atoms in total. The van der Waals surface area contributed by atoms with Crippen molar-refractivity contribution in [1.29, 1.82) is 0 Å². The Morgan fingerprint density at radius 3 is 2.52 bits per heavy atom. The van der Waals surface area contributed by atoms with Crippen LogP contribution >= 0.6 is 0 Å². The number of hydrogen-bond donors (Lipinski definition) is 0. The van der Waals surface area contributed by atoms with Gasteiger partial charge in [0.1, 0.15) is 0 Å². The maximum absolute atomic E-state index is 11.5. The van der Waals surface area contributed by atoms with Gasteiger partial charge in [-0.05, 0) is 63.9 Å². The summed E-state index contributed by atoms with van der Waals surface area (Å²) in [6.45, 7) is 13.7. The second-order valence-electron chi connectivity index (χ2n) is 6.64. The molecule has 3 heteroatoms. The van der Waals surface area contributed by atoms with Gasteiger partial charge >= 0.3 is 0 Å². The first-order valence-electron chi connectivity index (χ1n) is 9.86. The normalized spacial score (nSPS) is 17.7. The van der Waals surface area contributed by atoms with Gasteiger partial charge in [0.15, 0.2) is 5.78 Å². The van der Waals surface area contributed by atoms with Crippen LogP contribution in [-0.4, -0.2) is 36.5 Å². The lowest BCUT2D eigenvalue weighted by Crippen LogP contribution is -2.18. The molecule has 1 fully saturated rings. The standard InChI is InChI=1S/C22H28N2O.C2H6/c1-5-19(14-20-8-7-12-24(4)13-11-20)16-23-17(2)21-9-6-10-22(15-21)18(3)25;1-2/h5-6,9-10,14-16H,1,7-8,11-13H2,2-4H3;1-2H3/b19-16+,20-14-,23-17?;. The lowest BCUT2D eigenvalue weighted by Gasteiger charge is -2.10. The Labute approximate surface area is 165 Å². The molecule has 0 radical (unpaired) electrons. The van der Waals surface area contributed by atoms with E-state index in [2.05, 4.69) is 29.6 Å². The Morgan fingerprint density at radius 1 is 1.15 bits per heavy atom. The van der Waals surface area contributed by atoms with Gasteiger partial charge < -0.3 is 4.90 Å². The zero-order chi connectivity index (χ0) is 20.2. The molecule has 1 aromatic rings. The van der Waals surface area contributed by atoms with Crippen molar-refractivity contribution in [3.05, 3.63) is 71.5 Å². The fourth-order valence-corrected chi connectivity index (χ4v) is 2.89. The van der Waals surface area contributed by atoms with E-state index in [1.165, 1.54) is 12.0 Å². The fourth-order valence-electron chi connectivity index (χ4n) is 2.89. The zero-order valence-electron chi connectivity index (χ0n) is 17.6.